The standard InChI is InChI=1S/C15H21N3O2/c1-9-14(10(2)18(3)17-9)11-6-12(8-16)15(20-5)13(7-11)19-4/h6-7H,8,16H2,1-5H3. The van der Waals surface area contributed by atoms with Gasteiger partial charge < -0.3 is 15.2 Å². The average molecular weight is 275 g/mol. The number of nitrogens with zero attached hydrogens (tertiary/aromatic N) is 2. The van der Waals surface area contributed by atoms with Crippen molar-refractivity contribution in [2.45, 2.75) is 20.4 Å². The van der Waals surface area contributed by atoms with Gasteiger partial charge in [0.05, 0.1) is 19.9 Å². The number of aryl methyl sites for hydroxylation is 2. The first-order valence-corrected chi connectivity index (χ1v) is 6.49. The van der Waals surface area contributed by atoms with E-state index in [0.717, 1.165) is 28.1 Å². The highest BCUT2D eigenvalue weighted by molar-refractivity contribution is 5.73. The molecule has 0 fully saturated rings. The van der Waals surface area contributed by atoms with E-state index in [-0.39, 0.29) is 0 Å². The molecule has 0 saturated heterocycles. The van der Waals surface area contributed by atoms with Gasteiger partial charge in [0.15, 0.2) is 11.5 Å². The zero-order valence-electron chi connectivity index (χ0n) is 12.7. The monoisotopic (exact) mass is 275 g/mol. The normalized spacial score (nSPS) is 10.7. The Morgan fingerprint density at radius 3 is 2.35 bits per heavy atom. The largest absolute Gasteiger partial charge is 0.493 e. The number of benzene rings is 1. The molecular weight excluding hydrogens is 254 g/mol. The first kappa shape index (κ1) is 14.4. The van der Waals surface area contributed by atoms with Crippen molar-refractivity contribution in [3.05, 3.63) is 29.1 Å². The molecule has 0 bridgehead atoms. The topological polar surface area (TPSA) is 62.3 Å². The third kappa shape index (κ3) is 2.25. The number of hydrogen-bond acceptors (Lipinski definition) is 4. The predicted molar refractivity (Wildman–Crippen MR) is 79.1 cm³/mol. The molecule has 5 nitrogen and oxygen atoms in total. The quantitative estimate of drug-likeness (QED) is 0.929. The summed E-state index contributed by atoms with van der Waals surface area (Å²) < 4.78 is 12.7. The van der Waals surface area contributed by atoms with Gasteiger partial charge in [-0.3, -0.25) is 4.68 Å². The smallest absolute Gasteiger partial charge is 0.165 e. The molecule has 0 unspecified atom stereocenters. The summed E-state index contributed by atoms with van der Waals surface area (Å²) >= 11 is 0. The molecule has 0 spiro atoms. The predicted octanol–water partition coefficient (Wildman–Crippen LogP) is 2.18. The van der Waals surface area contributed by atoms with E-state index in [9.17, 15) is 0 Å². The Morgan fingerprint density at radius 2 is 1.90 bits per heavy atom. The highest BCUT2D eigenvalue weighted by Gasteiger charge is 2.17. The first-order chi connectivity index (χ1) is 9.53. The Morgan fingerprint density at radius 1 is 1.20 bits per heavy atom. The molecule has 0 saturated carbocycles. The van der Waals surface area contributed by atoms with Crippen molar-refractivity contribution < 1.29 is 9.47 Å². The van der Waals surface area contributed by atoms with Gasteiger partial charge >= 0.3 is 0 Å². The van der Waals surface area contributed by atoms with E-state index in [2.05, 4.69) is 5.10 Å². The molecule has 0 amide bonds. The fraction of sp³-hybridized carbons (Fsp3) is 0.400. The molecule has 2 aromatic rings. The Hall–Kier alpha value is -2.01. The third-order valence-corrected chi connectivity index (χ3v) is 3.57. The summed E-state index contributed by atoms with van der Waals surface area (Å²) in [6.07, 6.45) is 0. The number of methoxy groups -OCH3 is 2. The van der Waals surface area contributed by atoms with Gasteiger partial charge in [0.25, 0.3) is 0 Å². The number of rotatable bonds is 4. The molecule has 0 atom stereocenters. The Kier molecular flexibility index (Phi) is 3.99. The van der Waals surface area contributed by atoms with Crippen LogP contribution in [-0.4, -0.2) is 24.0 Å². The zero-order chi connectivity index (χ0) is 14.9. The van der Waals surface area contributed by atoms with Crippen LogP contribution in [0.2, 0.25) is 0 Å². The van der Waals surface area contributed by atoms with Gasteiger partial charge in [-0.25, -0.2) is 0 Å². The van der Waals surface area contributed by atoms with E-state index in [1.54, 1.807) is 14.2 Å². The molecule has 1 heterocycles. The lowest BCUT2D eigenvalue weighted by Gasteiger charge is -2.14. The van der Waals surface area contributed by atoms with Crippen molar-refractivity contribution in [1.29, 1.82) is 0 Å². The van der Waals surface area contributed by atoms with E-state index >= 15 is 0 Å². The van der Waals surface area contributed by atoms with E-state index in [1.807, 2.05) is 37.7 Å². The summed E-state index contributed by atoms with van der Waals surface area (Å²) in [5.74, 6) is 1.38. The lowest BCUT2D eigenvalue weighted by molar-refractivity contribution is 0.352. The second-order valence-electron chi connectivity index (χ2n) is 4.74. The Balaban J connectivity index is 2.69. The minimum Gasteiger partial charge on any atom is -0.493 e. The molecule has 20 heavy (non-hydrogen) atoms. The van der Waals surface area contributed by atoms with E-state index in [0.29, 0.717) is 18.0 Å². The summed E-state index contributed by atoms with van der Waals surface area (Å²) in [5.41, 5.74) is 11.0. The zero-order valence-corrected chi connectivity index (χ0v) is 12.7. The minimum atomic E-state index is 0.395. The lowest BCUT2D eigenvalue weighted by Crippen LogP contribution is -2.02. The fourth-order valence-corrected chi connectivity index (χ4v) is 2.53. The third-order valence-electron chi connectivity index (χ3n) is 3.57. The molecule has 108 valence electrons. The van der Waals surface area contributed by atoms with Crippen LogP contribution in [0.3, 0.4) is 0 Å². The molecule has 0 aliphatic carbocycles. The van der Waals surface area contributed by atoms with Crippen molar-refractivity contribution in [3.8, 4) is 22.6 Å². The van der Waals surface area contributed by atoms with Gasteiger partial charge in [0.2, 0.25) is 0 Å². The minimum absolute atomic E-state index is 0.395. The molecule has 2 N–H and O–H groups in total. The van der Waals surface area contributed by atoms with Crippen LogP contribution in [0.4, 0.5) is 0 Å². The maximum absolute atomic E-state index is 5.82. The molecule has 1 aromatic carbocycles. The van der Waals surface area contributed by atoms with Crippen LogP contribution in [0.5, 0.6) is 11.5 Å². The van der Waals surface area contributed by atoms with Crippen LogP contribution in [-0.2, 0) is 13.6 Å². The number of aromatic nitrogens is 2. The van der Waals surface area contributed by atoms with Crippen LogP contribution >= 0.6 is 0 Å². The summed E-state index contributed by atoms with van der Waals surface area (Å²) in [4.78, 5) is 0. The van der Waals surface area contributed by atoms with Crippen molar-refractivity contribution in [2.24, 2.45) is 12.8 Å². The van der Waals surface area contributed by atoms with Crippen LogP contribution in [0, 0.1) is 13.8 Å². The number of hydrogen-bond donors (Lipinski definition) is 1. The molecule has 5 heteroatoms. The Bertz CT molecular complexity index is 607. The molecule has 0 radical (unpaired) electrons. The second kappa shape index (κ2) is 5.54. The summed E-state index contributed by atoms with van der Waals surface area (Å²) in [6, 6.07) is 4.01. The van der Waals surface area contributed by atoms with E-state index in [1.165, 1.54) is 0 Å². The van der Waals surface area contributed by atoms with Crippen LogP contribution in [0.15, 0.2) is 12.1 Å². The van der Waals surface area contributed by atoms with Crippen molar-refractivity contribution in [1.82, 2.24) is 9.78 Å². The van der Waals surface area contributed by atoms with Gasteiger partial charge in [-0.1, -0.05) is 0 Å². The van der Waals surface area contributed by atoms with Crippen LogP contribution in [0.1, 0.15) is 17.0 Å². The Labute approximate surface area is 119 Å². The molecule has 2 rings (SSSR count). The first-order valence-electron chi connectivity index (χ1n) is 6.49. The van der Waals surface area contributed by atoms with Crippen LogP contribution < -0.4 is 15.2 Å². The van der Waals surface area contributed by atoms with Gasteiger partial charge in [0, 0.05) is 30.4 Å². The maximum atomic E-state index is 5.82. The highest BCUT2D eigenvalue weighted by atomic mass is 16.5. The van der Waals surface area contributed by atoms with Crippen LogP contribution in [0.25, 0.3) is 11.1 Å². The molecular formula is C15H21N3O2. The molecule has 1 aromatic heterocycles. The molecule has 0 aliphatic rings. The van der Waals surface area contributed by atoms with Crippen molar-refractivity contribution >= 4 is 0 Å². The summed E-state index contributed by atoms with van der Waals surface area (Å²) in [5, 5.41) is 4.45. The second-order valence-corrected chi connectivity index (χ2v) is 4.74. The summed E-state index contributed by atoms with van der Waals surface area (Å²) in [7, 11) is 5.19. The average Bonchev–Trinajstić information content (AvgIpc) is 2.70. The van der Waals surface area contributed by atoms with Gasteiger partial charge in [-0.2, -0.15) is 5.10 Å². The number of nitrogens with two attached hydrogens (primary N) is 1. The van der Waals surface area contributed by atoms with E-state index < -0.39 is 0 Å². The fourth-order valence-electron chi connectivity index (χ4n) is 2.53. The maximum Gasteiger partial charge on any atom is 0.165 e. The lowest BCUT2D eigenvalue weighted by atomic mass is 10.00. The van der Waals surface area contributed by atoms with E-state index in [4.69, 9.17) is 15.2 Å². The molecule has 0 aliphatic heterocycles. The number of ether oxygens (including phenoxy) is 2. The summed E-state index contributed by atoms with van der Waals surface area (Å²) in [6.45, 7) is 4.45. The SMILES string of the molecule is COc1cc(-c2c(C)nn(C)c2C)cc(CN)c1OC. The van der Waals surface area contributed by atoms with Crippen molar-refractivity contribution in [2.75, 3.05) is 14.2 Å². The van der Waals surface area contributed by atoms with Gasteiger partial charge in [-0.05, 0) is 31.5 Å². The highest BCUT2D eigenvalue weighted by Crippen LogP contribution is 2.37. The van der Waals surface area contributed by atoms with Gasteiger partial charge in [0.1, 0.15) is 0 Å². The van der Waals surface area contributed by atoms with Crippen molar-refractivity contribution in [3.63, 3.8) is 0 Å². The van der Waals surface area contributed by atoms with Gasteiger partial charge in [-0.15, -0.1) is 0 Å².